The fourth-order valence-corrected chi connectivity index (χ4v) is 3.07. The van der Waals surface area contributed by atoms with Gasteiger partial charge in [-0.15, -0.1) is 0 Å². The summed E-state index contributed by atoms with van der Waals surface area (Å²) in [5, 5.41) is 3.74. The minimum Gasteiger partial charge on any atom is -0.385 e. The van der Waals surface area contributed by atoms with Gasteiger partial charge in [0.25, 0.3) is 0 Å². The zero-order chi connectivity index (χ0) is 14.6. The third-order valence-corrected chi connectivity index (χ3v) is 4.14. The topological polar surface area (TPSA) is 58.2 Å². The lowest BCUT2D eigenvalue weighted by molar-refractivity contribution is 0.504. The summed E-state index contributed by atoms with van der Waals surface area (Å²) in [6.07, 6.45) is 9.00. The molecule has 0 aliphatic heterocycles. The average molecular weight is 315 g/mol. The molecule has 2 N–H and O–H groups in total. The lowest BCUT2D eigenvalue weighted by Gasteiger charge is -2.19. The molecule has 2 rings (SSSR count). The van der Waals surface area contributed by atoms with E-state index in [0.717, 1.165) is 31.3 Å². The molecule has 0 aromatic heterocycles. The van der Waals surface area contributed by atoms with Crippen LogP contribution in [0.25, 0.3) is 0 Å². The Morgan fingerprint density at radius 3 is 2.75 bits per heavy atom. The summed E-state index contributed by atoms with van der Waals surface area (Å²) in [4.78, 5) is 0. The fraction of sp³-hybridized carbons (Fsp3) is 0.429. The number of benzene rings is 1. The molecule has 1 aliphatic rings. The predicted molar refractivity (Wildman–Crippen MR) is 84.9 cm³/mol. The summed E-state index contributed by atoms with van der Waals surface area (Å²) in [7, 11) is -3.30. The molecule has 4 nitrogen and oxygen atoms in total. The molecule has 0 bridgehead atoms. The van der Waals surface area contributed by atoms with Crippen molar-refractivity contribution in [3.05, 3.63) is 35.4 Å². The van der Waals surface area contributed by atoms with Crippen molar-refractivity contribution in [3.63, 3.8) is 0 Å². The van der Waals surface area contributed by atoms with Crippen LogP contribution in [0.2, 0.25) is 5.02 Å². The van der Waals surface area contributed by atoms with E-state index in [9.17, 15) is 8.42 Å². The molecule has 0 heterocycles. The molecular formula is C14H19ClN2O2S. The van der Waals surface area contributed by atoms with Gasteiger partial charge >= 0.3 is 0 Å². The van der Waals surface area contributed by atoms with Gasteiger partial charge < -0.3 is 5.32 Å². The van der Waals surface area contributed by atoms with E-state index in [4.69, 9.17) is 11.6 Å². The SMILES string of the molecule is CS(=O)(=O)Nc1ccc(NCC2CC=CCC2)cc1Cl. The first-order valence-electron chi connectivity index (χ1n) is 6.60. The van der Waals surface area contributed by atoms with Crippen molar-refractivity contribution in [1.82, 2.24) is 0 Å². The van der Waals surface area contributed by atoms with Crippen molar-refractivity contribution in [2.75, 3.05) is 22.8 Å². The maximum absolute atomic E-state index is 11.2. The minimum absolute atomic E-state index is 0.393. The third-order valence-electron chi connectivity index (χ3n) is 3.24. The molecule has 1 unspecified atom stereocenters. The fourth-order valence-electron chi connectivity index (χ4n) is 2.21. The van der Waals surface area contributed by atoms with Gasteiger partial charge in [0.2, 0.25) is 10.0 Å². The van der Waals surface area contributed by atoms with E-state index < -0.39 is 10.0 Å². The van der Waals surface area contributed by atoms with E-state index in [2.05, 4.69) is 22.2 Å². The molecule has 20 heavy (non-hydrogen) atoms. The lowest BCUT2D eigenvalue weighted by atomic mass is 9.94. The molecule has 110 valence electrons. The van der Waals surface area contributed by atoms with Crippen molar-refractivity contribution < 1.29 is 8.42 Å². The highest BCUT2D eigenvalue weighted by atomic mass is 35.5. The Labute approximate surface area is 125 Å². The van der Waals surface area contributed by atoms with Crippen molar-refractivity contribution in [2.24, 2.45) is 5.92 Å². The molecule has 0 saturated carbocycles. The predicted octanol–water partition coefficient (Wildman–Crippen LogP) is 3.48. The highest BCUT2D eigenvalue weighted by Crippen LogP contribution is 2.27. The summed E-state index contributed by atoms with van der Waals surface area (Å²) in [6, 6.07) is 5.25. The molecule has 1 atom stereocenters. The zero-order valence-electron chi connectivity index (χ0n) is 11.4. The number of sulfonamides is 1. The van der Waals surface area contributed by atoms with Gasteiger partial charge in [-0.05, 0) is 43.4 Å². The Morgan fingerprint density at radius 1 is 1.35 bits per heavy atom. The van der Waals surface area contributed by atoms with Crippen molar-refractivity contribution in [2.45, 2.75) is 19.3 Å². The monoisotopic (exact) mass is 314 g/mol. The quantitative estimate of drug-likeness (QED) is 0.818. The Bertz CT molecular complexity index is 599. The average Bonchev–Trinajstić information content (AvgIpc) is 2.39. The zero-order valence-corrected chi connectivity index (χ0v) is 13.0. The second-order valence-electron chi connectivity index (χ2n) is 5.10. The summed E-state index contributed by atoms with van der Waals surface area (Å²) in [5.41, 5.74) is 1.31. The summed E-state index contributed by atoms with van der Waals surface area (Å²) in [5.74, 6) is 0.646. The number of hydrogen-bond acceptors (Lipinski definition) is 3. The molecule has 6 heteroatoms. The standard InChI is InChI=1S/C14H19ClN2O2S/c1-20(18,19)17-14-8-7-12(9-13(14)15)16-10-11-5-3-2-4-6-11/h2-3,7-9,11,16-17H,4-6,10H2,1H3. The van der Waals surface area contributed by atoms with Crippen molar-refractivity contribution in [3.8, 4) is 0 Å². The van der Waals surface area contributed by atoms with Crippen LogP contribution in [0.15, 0.2) is 30.4 Å². The van der Waals surface area contributed by atoms with Gasteiger partial charge in [-0.2, -0.15) is 0 Å². The van der Waals surface area contributed by atoms with E-state index in [1.807, 2.05) is 6.07 Å². The van der Waals surface area contributed by atoms with Gasteiger partial charge in [0, 0.05) is 12.2 Å². The van der Waals surface area contributed by atoms with Crippen LogP contribution in [0.5, 0.6) is 0 Å². The van der Waals surface area contributed by atoms with Crippen LogP contribution in [-0.4, -0.2) is 21.2 Å². The highest BCUT2D eigenvalue weighted by molar-refractivity contribution is 7.92. The normalized spacial score (nSPS) is 18.8. The van der Waals surface area contributed by atoms with Crippen molar-refractivity contribution in [1.29, 1.82) is 0 Å². The van der Waals surface area contributed by atoms with Crippen LogP contribution in [0.1, 0.15) is 19.3 Å². The van der Waals surface area contributed by atoms with Crippen LogP contribution >= 0.6 is 11.6 Å². The highest BCUT2D eigenvalue weighted by Gasteiger charge is 2.10. The number of hydrogen-bond donors (Lipinski definition) is 2. The molecular weight excluding hydrogens is 296 g/mol. The van der Waals surface area contributed by atoms with Crippen molar-refractivity contribution >= 4 is 33.0 Å². The van der Waals surface area contributed by atoms with Gasteiger partial charge in [-0.25, -0.2) is 8.42 Å². The summed E-state index contributed by atoms with van der Waals surface area (Å²) < 4.78 is 24.7. The number of allylic oxidation sites excluding steroid dienone is 2. The molecule has 1 aromatic rings. The van der Waals surface area contributed by atoms with Gasteiger partial charge in [0.05, 0.1) is 17.0 Å². The van der Waals surface area contributed by atoms with Crippen LogP contribution in [0.3, 0.4) is 0 Å². The third kappa shape index (κ3) is 4.72. The van der Waals surface area contributed by atoms with E-state index in [1.54, 1.807) is 12.1 Å². The minimum atomic E-state index is -3.30. The van der Waals surface area contributed by atoms with Gasteiger partial charge in [-0.1, -0.05) is 23.8 Å². The Hall–Kier alpha value is -1.20. The molecule has 0 radical (unpaired) electrons. The first-order chi connectivity index (χ1) is 9.44. The summed E-state index contributed by atoms with van der Waals surface area (Å²) in [6.45, 7) is 0.902. The van der Waals surface area contributed by atoms with Gasteiger partial charge in [0.1, 0.15) is 0 Å². The number of rotatable bonds is 5. The van der Waals surface area contributed by atoms with E-state index in [-0.39, 0.29) is 0 Å². The Morgan fingerprint density at radius 2 is 2.15 bits per heavy atom. The maximum Gasteiger partial charge on any atom is 0.229 e. The first kappa shape index (κ1) is 15.2. The number of nitrogens with one attached hydrogen (secondary N) is 2. The van der Waals surface area contributed by atoms with Crippen LogP contribution in [-0.2, 0) is 10.0 Å². The molecule has 0 spiro atoms. The molecule has 0 amide bonds. The first-order valence-corrected chi connectivity index (χ1v) is 8.87. The van der Waals surface area contributed by atoms with Gasteiger partial charge in [-0.3, -0.25) is 4.72 Å². The smallest absolute Gasteiger partial charge is 0.229 e. The lowest BCUT2D eigenvalue weighted by Crippen LogP contribution is -2.15. The summed E-state index contributed by atoms with van der Waals surface area (Å²) >= 11 is 6.08. The molecule has 0 saturated heterocycles. The molecule has 1 aliphatic carbocycles. The Balaban J connectivity index is 1.96. The van der Waals surface area contributed by atoms with Crippen LogP contribution < -0.4 is 10.0 Å². The van der Waals surface area contributed by atoms with Crippen LogP contribution in [0, 0.1) is 5.92 Å². The molecule has 1 aromatic carbocycles. The van der Waals surface area contributed by atoms with Gasteiger partial charge in [0.15, 0.2) is 0 Å². The second-order valence-corrected chi connectivity index (χ2v) is 7.26. The van der Waals surface area contributed by atoms with E-state index >= 15 is 0 Å². The molecule has 0 fully saturated rings. The maximum atomic E-state index is 11.2. The van der Waals surface area contributed by atoms with Crippen LogP contribution in [0.4, 0.5) is 11.4 Å². The number of anilines is 2. The van der Waals surface area contributed by atoms with E-state index in [0.29, 0.717) is 16.6 Å². The second kappa shape index (κ2) is 6.50. The Kier molecular flexibility index (Phi) is 4.94. The largest absolute Gasteiger partial charge is 0.385 e. The number of halogens is 1. The van der Waals surface area contributed by atoms with E-state index in [1.165, 1.54) is 6.42 Å².